The van der Waals surface area contributed by atoms with Crippen molar-refractivity contribution < 1.29 is 14.3 Å². The fourth-order valence-electron chi connectivity index (χ4n) is 2.81. The van der Waals surface area contributed by atoms with Crippen LogP contribution in [0.15, 0.2) is 71.6 Å². The van der Waals surface area contributed by atoms with Gasteiger partial charge in [0, 0.05) is 0 Å². The molecule has 1 aliphatic heterocycles. The summed E-state index contributed by atoms with van der Waals surface area (Å²) in [6, 6.07) is 20.2. The predicted octanol–water partition coefficient (Wildman–Crippen LogP) is 4.55. The second-order valence-corrected chi connectivity index (χ2v) is 7.56. The van der Waals surface area contributed by atoms with Crippen molar-refractivity contribution in [2.45, 2.75) is 0 Å². The molecule has 0 radical (unpaired) electrons. The second-order valence-electron chi connectivity index (χ2n) is 5.84. The van der Waals surface area contributed by atoms with Crippen LogP contribution in [0, 0.1) is 0 Å². The molecule has 0 aliphatic carbocycles. The molecular formula is C21H13NO3S2. The molecule has 1 amide bonds. The fraction of sp³-hybridized carbons (Fsp3) is 0. The van der Waals surface area contributed by atoms with Gasteiger partial charge in [-0.15, -0.1) is 0 Å². The molecule has 3 aromatic carbocycles. The minimum absolute atomic E-state index is 0.219. The second kappa shape index (κ2) is 7.34. The zero-order chi connectivity index (χ0) is 18.8. The first kappa shape index (κ1) is 17.5. The summed E-state index contributed by atoms with van der Waals surface area (Å²) in [5.74, 6) is -0.234. The fourth-order valence-corrected chi connectivity index (χ4v) is 3.85. The molecule has 1 N–H and O–H groups in total. The molecule has 1 heterocycles. The Kier molecular flexibility index (Phi) is 4.75. The highest BCUT2D eigenvalue weighted by Crippen LogP contribution is 2.27. The molecule has 0 aromatic heterocycles. The topological polar surface area (TPSA) is 55.4 Å². The van der Waals surface area contributed by atoms with E-state index >= 15 is 0 Å². The van der Waals surface area contributed by atoms with Gasteiger partial charge in [-0.05, 0) is 40.6 Å². The van der Waals surface area contributed by atoms with E-state index in [-0.39, 0.29) is 5.91 Å². The minimum Gasteiger partial charge on any atom is -0.423 e. The van der Waals surface area contributed by atoms with Crippen LogP contribution in [0.5, 0.6) is 5.75 Å². The summed E-state index contributed by atoms with van der Waals surface area (Å²) in [6.45, 7) is 0. The third kappa shape index (κ3) is 3.77. The number of carbonyl (C=O) groups is 2. The number of esters is 1. The number of nitrogens with one attached hydrogen (secondary N) is 1. The summed E-state index contributed by atoms with van der Waals surface area (Å²) >= 11 is 6.20. The third-order valence-corrected chi connectivity index (χ3v) is 5.18. The number of rotatable bonds is 3. The summed E-state index contributed by atoms with van der Waals surface area (Å²) in [5.41, 5.74) is 1.26. The molecule has 0 atom stereocenters. The summed E-state index contributed by atoms with van der Waals surface area (Å²) in [7, 11) is 0. The normalized spacial score (nSPS) is 15.2. The number of thiocarbonyl (C=S) groups is 1. The van der Waals surface area contributed by atoms with E-state index in [9.17, 15) is 9.59 Å². The van der Waals surface area contributed by atoms with Gasteiger partial charge in [-0.3, -0.25) is 4.79 Å². The van der Waals surface area contributed by atoms with E-state index in [1.165, 1.54) is 11.8 Å². The standard InChI is InChI=1S/C21H13NO3S2/c23-19-18(27-21(26)22-19)12-13-5-3-8-15(11-13)25-20(24)17-10-4-7-14-6-1-2-9-16(14)17/h1-12H,(H,22,23,26)/b18-12-. The Hall–Kier alpha value is -2.96. The molecule has 0 spiro atoms. The van der Waals surface area contributed by atoms with Gasteiger partial charge >= 0.3 is 5.97 Å². The number of benzene rings is 3. The summed E-state index contributed by atoms with van der Waals surface area (Å²) in [6.07, 6.45) is 1.72. The highest BCUT2D eigenvalue weighted by molar-refractivity contribution is 8.26. The lowest BCUT2D eigenvalue weighted by Gasteiger charge is -2.08. The molecule has 1 fully saturated rings. The van der Waals surface area contributed by atoms with Crippen molar-refractivity contribution in [2.75, 3.05) is 0 Å². The summed E-state index contributed by atoms with van der Waals surface area (Å²) < 4.78 is 6.00. The maximum atomic E-state index is 12.7. The highest BCUT2D eigenvalue weighted by atomic mass is 32.2. The third-order valence-electron chi connectivity index (χ3n) is 4.02. The molecule has 27 heavy (non-hydrogen) atoms. The monoisotopic (exact) mass is 391 g/mol. The number of thioether (sulfide) groups is 1. The van der Waals surface area contributed by atoms with Crippen molar-refractivity contribution in [2.24, 2.45) is 0 Å². The predicted molar refractivity (Wildman–Crippen MR) is 112 cm³/mol. The Morgan fingerprint density at radius 2 is 1.81 bits per heavy atom. The van der Waals surface area contributed by atoms with Crippen LogP contribution in [0.2, 0.25) is 0 Å². The Morgan fingerprint density at radius 3 is 2.63 bits per heavy atom. The van der Waals surface area contributed by atoms with Crippen LogP contribution < -0.4 is 10.1 Å². The van der Waals surface area contributed by atoms with Crippen LogP contribution in [0.25, 0.3) is 16.8 Å². The zero-order valence-electron chi connectivity index (χ0n) is 14.0. The summed E-state index contributed by atoms with van der Waals surface area (Å²) in [4.78, 5) is 25.0. The van der Waals surface area contributed by atoms with Gasteiger partial charge in [0.2, 0.25) is 0 Å². The van der Waals surface area contributed by atoms with Crippen molar-refractivity contribution in [1.82, 2.24) is 5.32 Å². The average Bonchev–Trinajstić information content (AvgIpc) is 2.98. The summed E-state index contributed by atoms with van der Waals surface area (Å²) in [5, 5.41) is 4.40. The number of ether oxygens (including phenoxy) is 1. The quantitative estimate of drug-likeness (QED) is 0.307. The SMILES string of the molecule is O=C1NC(=S)S/C1=C\c1cccc(OC(=O)c2cccc3ccccc23)c1. The molecular weight excluding hydrogens is 378 g/mol. The molecule has 1 aliphatic rings. The van der Waals surface area contributed by atoms with Gasteiger partial charge in [-0.2, -0.15) is 0 Å². The lowest BCUT2D eigenvalue weighted by Crippen LogP contribution is -2.17. The molecule has 4 nitrogen and oxygen atoms in total. The maximum Gasteiger partial charge on any atom is 0.344 e. The number of hydrogen-bond donors (Lipinski definition) is 1. The first-order valence-electron chi connectivity index (χ1n) is 8.15. The van der Waals surface area contributed by atoms with Crippen LogP contribution in [0.1, 0.15) is 15.9 Å². The van der Waals surface area contributed by atoms with Crippen LogP contribution >= 0.6 is 24.0 Å². The molecule has 4 rings (SSSR count). The Balaban J connectivity index is 1.60. The van der Waals surface area contributed by atoms with E-state index in [4.69, 9.17) is 17.0 Å². The Morgan fingerprint density at radius 1 is 1.04 bits per heavy atom. The van der Waals surface area contributed by atoms with Gasteiger partial charge in [-0.25, -0.2) is 4.79 Å². The molecule has 1 saturated heterocycles. The molecule has 132 valence electrons. The number of fused-ring (bicyclic) bond motifs is 1. The van der Waals surface area contributed by atoms with E-state index in [1.54, 1.807) is 30.3 Å². The average molecular weight is 391 g/mol. The number of amides is 1. The van der Waals surface area contributed by atoms with Crippen molar-refractivity contribution >= 4 is 57.0 Å². The van der Waals surface area contributed by atoms with Gasteiger partial charge in [-0.1, -0.05) is 72.5 Å². The molecule has 0 bridgehead atoms. The van der Waals surface area contributed by atoms with Gasteiger partial charge in [0.05, 0.1) is 10.5 Å². The first-order chi connectivity index (χ1) is 13.1. The minimum atomic E-state index is -0.425. The number of carbonyl (C=O) groups excluding carboxylic acids is 2. The zero-order valence-corrected chi connectivity index (χ0v) is 15.6. The van der Waals surface area contributed by atoms with E-state index in [0.29, 0.717) is 20.5 Å². The van der Waals surface area contributed by atoms with Crippen molar-refractivity contribution in [3.8, 4) is 5.75 Å². The van der Waals surface area contributed by atoms with Crippen LogP contribution in [0.4, 0.5) is 0 Å². The van der Waals surface area contributed by atoms with E-state index < -0.39 is 5.97 Å². The largest absolute Gasteiger partial charge is 0.423 e. The van der Waals surface area contributed by atoms with Gasteiger partial charge in [0.1, 0.15) is 10.1 Å². The highest BCUT2D eigenvalue weighted by Gasteiger charge is 2.22. The Bertz CT molecular complexity index is 1120. The van der Waals surface area contributed by atoms with Gasteiger partial charge < -0.3 is 10.1 Å². The van der Waals surface area contributed by atoms with Gasteiger partial charge in [0.15, 0.2) is 0 Å². The van der Waals surface area contributed by atoms with Crippen LogP contribution in [0.3, 0.4) is 0 Å². The van der Waals surface area contributed by atoms with Crippen LogP contribution in [-0.4, -0.2) is 16.2 Å². The van der Waals surface area contributed by atoms with Crippen molar-refractivity contribution in [3.63, 3.8) is 0 Å². The van der Waals surface area contributed by atoms with E-state index in [0.717, 1.165) is 16.3 Å². The lowest BCUT2D eigenvalue weighted by molar-refractivity contribution is -0.115. The van der Waals surface area contributed by atoms with E-state index in [1.807, 2.05) is 42.5 Å². The van der Waals surface area contributed by atoms with Crippen molar-refractivity contribution in [3.05, 3.63) is 82.8 Å². The van der Waals surface area contributed by atoms with Crippen LogP contribution in [-0.2, 0) is 4.79 Å². The van der Waals surface area contributed by atoms with E-state index in [2.05, 4.69) is 5.32 Å². The first-order valence-corrected chi connectivity index (χ1v) is 9.37. The van der Waals surface area contributed by atoms with Crippen molar-refractivity contribution in [1.29, 1.82) is 0 Å². The smallest absolute Gasteiger partial charge is 0.344 e. The molecule has 0 unspecified atom stereocenters. The molecule has 6 heteroatoms. The van der Waals surface area contributed by atoms with Gasteiger partial charge in [0.25, 0.3) is 5.91 Å². The molecule has 3 aromatic rings. The number of hydrogen-bond acceptors (Lipinski definition) is 5. The molecule has 0 saturated carbocycles. The maximum absolute atomic E-state index is 12.7. The lowest BCUT2D eigenvalue weighted by atomic mass is 10.0. The Labute approximate surface area is 165 Å².